The Hall–Kier alpha value is -0.410. The third-order valence-electron chi connectivity index (χ3n) is 2.48. The molecular weight excluding hydrogens is 154 g/mol. The summed E-state index contributed by atoms with van der Waals surface area (Å²) in [4.78, 5) is 11.6. The second-order valence-corrected chi connectivity index (χ2v) is 3.30. The second-order valence-electron chi connectivity index (χ2n) is 3.30. The van der Waals surface area contributed by atoms with Gasteiger partial charge in [0, 0.05) is 19.1 Å². The molecule has 0 saturated carbocycles. The van der Waals surface area contributed by atoms with Crippen LogP contribution in [-0.4, -0.2) is 32.1 Å². The van der Waals surface area contributed by atoms with Gasteiger partial charge in [-0.05, 0) is 26.8 Å². The van der Waals surface area contributed by atoms with Gasteiger partial charge in [0.05, 0.1) is 6.04 Å². The number of hydrogen-bond acceptors (Lipinski definition) is 3. The van der Waals surface area contributed by atoms with E-state index >= 15 is 0 Å². The van der Waals surface area contributed by atoms with E-state index in [4.69, 9.17) is 4.74 Å². The van der Waals surface area contributed by atoms with Gasteiger partial charge in [-0.25, -0.2) is 0 Å². The molecule has 1 fully saturated rings. The van der Waals surface area contributed by atoms with E-state index in [0.717, 1.165) is 26.1 Å². The van der Waals surface area contributed by atoms with Crippen LogP contribution in [0.25, 0.3) is 0 Å². The number of nitrogens with one attached hydrogen (secondary N) is 1. The van der Waals surface area contributed by atoms with Crippen molar-refractivity contribution in [3.63, 3.8) is 0 Å². The van der Waals surface area contributed by atoms with Gasteiger partial charge in [0.15, 0.2) is 5.78 Å². The molecular formula is C9H17NO2. The van der Waals surface area contributed by atoms with Gasteiger partial charge < -0.3 is 10.1 Å². The van der Waals surface area contributed by atoms with Crippen molar-refractivity contribution in [2.24, 2.45) is 5.92 Å². The molecule has 3 heteroatoms. The molecule has 0 aromatic carbocycles. The summed E-state index contributed by atoms with van der Waals surface area (Å²) in [5.41, 5.74) is 0. The molecule has 0 aliphatic carbocycles. The van der Waals surface area contributed by atoms with Gasteiger partial charge in [-0.15, -0.1) is 0 Å². The summed E-state index contributed by atoms with van der Waals surface area (Å²) in [5.74, 6) is 0.557. The molecule has 0 radical (unpaired) electrons. The molecule has 0 aromatic heterocycles. The lowest BCUT2D eigenvalue weighted by Gasteiger charge is -2.23. The third kappa shape index (κ3) is 2.29. The highest BCUT2D eigenvalue weighted by molar-refractivity contribution is 5.85. The number of likely N-dealkylation sites (N-methyl/N-ethyl adjacent to an activating group) is 1. The van der Waals surface area contributed by atoms with Gasteiger partial charge in [-0.1, -0.05) is 0 Å². The van der Waals surface area contributed by atoms with Crippen molar-refractivity contribution in [2.75, 3.05) is 20.3 Å². The molecule has 1 heterocycles. The molecule has 1 saturated heterocycles. The standard InChI is InChI=1S/C9H17NO2/c1-7(10-2)9(11)8-3-5-12-6-4-8/h7-8,10H,3-6H2,1-2H3. The first-order chi connectivity index (χ1) is 5.75. The van der Waals surface area contributed by atoms with Crippen LogP contribution in [0, 0.1) is 5.92 Å². The van der Waals surface area contributed by atoms with E-state index in [1.165, 1.54) is 0 Å². The van der Waals surface area contributed by atoms with Crippen molar-refractivity contribution in [1.82, 2.24) is 5.32 Å². The number of ether oxygens (including phenoxy) is 1. The van der Waals surface area contributed by atoms with E-state index in [9.17, 15) is 4.79 Å². The molecule has 1 atom stereocenters. The highest BCUT2D eigenvalue weighted by Gasteiger charge is 2.24. The van der Waals surface area contributed by atoms with E-state index < -0.39 is 0 Å². The number of rotatable bonds is 3. The van der Waals surface area contributed by atoms with E-state index in [1.807, 2.05) is 14.0 Å². The summed E-state index contributed by atoms with van der Waals surface area (Å²) in [7, 11) is 1.82. The number of carbonyl (C=O) groups excluding carboxylic acids is 1. The van der Waals surface area contributed by atoms with Crippen LogP contribution in [0.3, 0.4) is 0 Å². The Morgan fingerprint density at radius 3 is 2.58 bits per heavy atom. The van der Waals surface area contributed by atoms with E-state index in [0.29, 0.717) is 5.78 Å². The fourth-order valence-corrected chi connectivity index (χ4v) is 1.48. The molecule has 1 unspecified atom stereocenters. The average molecular weight is 171 g/mol. The average Bonchev–Trinajstić information content (AvgIpc) is 2.17. The molecule has 3 nitrogen and oxygen atoms in total. The third-order valence-corrected chi connectivity index (χ3v) is 2.48. The topological polar surface area (TPSA) is 38.3 Å². The lowest BCUT2D eigenvalue weighted by atomic mass is 9.92. The highest BCUT2D eigenvalue weighted by atomic mass is 16.5. The molecule has 0 bridgehead atoms. The first kappa shape index (κ1) is 9.68. The van der Waals surface area contributed by atoms with Crippen LogP contribution >= 0.6 is 0 Å². The Morgan fingerprint density at radius 2 is 2.08 bits per heavy atom. The van der Waals surface area contributed by atoms with Crippen LogP contribution in [-0.2, 0) is 9.53 Å². The maximum atomic E-state index is 11.6. The van der Waals surface area contributed by atoms with Gasteiger partial charge in [-0.2, -0.15) is 0 Å². The normalized spacial score (nSPS) is 22.2. The van der Waals surface area contributed by atoms with Crippen LogP contribution in [0.2, 0.25) is 0 Å². The van der Waals surface area contributed by atoms with Gasteiger partial charge in [0.25, 0.3) is 0 Å². The fraction of sp³-hybridized carbons (Fsp3) is 0.889. The maximum absolute atomic E-state index is 11.6. The molecule has 0 amide bonds. The van der Waals surface area contributed by atoms with Crippen LogP contribution in [0.4, 0.5) is 0 Å². The smallest absolute Gasteiger partial charge is 0.152 e. The zero-order valence-electron chi connectivity index (χ0n) is 7.80. The predicted molar refractivity (Wildman–Crippen MR) is 47.1 cm³/mol. The molecule has 1 aliphatic heterocycles. The van der Waals surface area contributed by atoms with Crippen LogP contribution in [0.15, 0.2) is 0 Å². The van der Waals surface area contributed by atoms with Gasteiger partial charge >= 0.3 is 0 Å². The van der Waals surface area contributed by atoms with Gasteiger partial charge in [-0.3, -0.25) is 4.79 Å². The lowest BCUT2D eigenvalue weighted by molar-refractivity contribution is -0.127. The van der Waals surface area contributed by atoms with Gasteiger partial charge in [0.2, 0.25) is 0 Å². The van der Waals surface area contributed by atoms with Crippen molar-refractivity contribution < 1.29 is 9.53 Å². The molecule has 0 spiro atoms. The first-order valence-electron chi connectivity index (χ1n) is 4.54. The Kier molecular flexibility index (Phi) is 3.69. The predicted octanol–water partition coefficient (Wildman–Crippen LogP) is 0.590. The number of Topliss-reactive ketones (excluding diaryl/α,β-unsaturated/α-hetero) is 1. The van der Waals surface area contributed by atoms with Crippen molar-refractivity contribution in [3.05, 3.63) is 0 Å². The number of carbonyl (C=O) groups is 1. The lowest BCUT2D eigenvalue weighted by Crippen LogP contribution is -2.37. The monoisotopic (exact) mass is 171 g/mol. The zero-order chi connectivity index (χ0) is 8.97. The van der Waals surface area contributed by atoms with Crippen molar-refractivity contribution in [1.29, 1.82) is 0 Å². The largest absolute Gasteiger partial charge is 0.381 e. The minimum atomic E-state index is -0.00639. The maximum Gasteiger partial charge on any atom is 0.152 e. The van der Waals surface area contributed by atoms with E-state index in [2.05, 4.69) is 5.32 Å². The molecule has 1 rings (SSSR count). The van der Waals surface area contributed by atoms with Crippen LogP contribution < -0.4 is 5.32 Å². The highest BCUT2D eigenvalue weighted by Crippen LogP contribution is 2.16. The van der Waals surface area contributed by atoms with E-state index in [1.54, 1.807) is 0 Å². The first-order valence-corrected chi connectivity index (χ1v) is 4.54. The fourth-order valence-electron chi connectivity index (χ4n) is 1.48. The van der Waals surface area contributed by atoms with Crippen LogP contribution in [0.1, 0.15) is 19.8 Å². The summed E-state index contributed by atoms with van der Waals surface area (Å²) in [5, 5.41) is 2.97. The van der Waals surface area contributed by atoms with Crippen LogP contribution in [0.5, 0.6) is 0 Å². The minimum absolute atomic E-state index is 0.00639. The second kappa shape index (κ2) is 4.58. The molecule has 0 aromatic rings. The van der Waals surface area contributed by atoms with Gasteiger partial charge in [0.1, 0.15) is 0 Å². The summed E-state index contributed by atoms with van der Waals surface area (Å²) in [6, 6.07) is -0.00639. The van der Waals surface area contributed by atoms with E-state index in [-0.39, 0.29) is 12.0 Å². The quantitative estimate of drug-likeness (QED) is 0.675. The minimum Gasteiger partial charge on any atom is -0.381 e. The zero-order valence-corrected chi connectivity index (χ0v) is 7.80. The summed E-state index contributed by atoms with van der Waals surface area (Å²) in [6.07, 6.45) is 1.79. The number of hydrogen-bond donors (Lipinski definition) is 1. The molecule has 1 N–H and O–H groups in total. The summed E-state index contributed by atoms with van der Waals surface area (Å²) >= 11 is 0. The van der Waals surface area contributed by atoms with Crippen molar-refractivity contribution in [3.8, 4) is 0 Å². The van der Waals surface area contributed by atoms with Crippen molar-refractivity contribution >= 4 is 5.78 Å². The summed E-state index contributed by atoms with van der Waals surface area (Å²) < 4.78 is 5.19. The molecule has 1 aliphatic rings. The Bertz CT molecular complexity index is 153. The Balaban J connectivity index is 2.39. The summed E-state index contributed by atoms with van der Waals surface area (Å²) in [6.45, 7) is 3.40. The Morgan fingerprint density at radius 1 is 1.50 bits per heavy atom. The Labute approximate surface area is 73.5 Å². The molecule has 70 valence electrons. The van der Waals surface area contributed by atoms with Crippen molar-refractivity contribution in [2.45, 2.75) is 25.8 Å². The SMILES string of the molecule is CNC(C)C(=O)C1CCOCC1. The molecule has 12 heavy (non-hydrogen) atoms. The number of ketones is 1.